The number of fused-ring (bicyclic) bond motifs is 9. The van der Waals surface area contributed by atoms with Gasteiger partial charge in [0.15, 0.2) is 0 Å². The molecule has 63 heavy (non-hydrogen) atoms. The Morgan fingerprint density at radius 1 is 0.333 bits per heavy atom. The minimum atomic E-state index is 0.838. The third-order valence-corrected chi connectivity index (χ3v) is 12.4. The molecule has 0 aliphatic heterocycles. The van der Waals surface area contributed by atoms with Gasteiger partial charge in [-0.15, -0.1) is 0 Å². The number of nitrogens with zero attached hydrogens (tertiary/aromatic N) is 5. The molecule has 0 saturated carbocycles. The molecule has 0 N–H and O–H groups in total. The summed E-state index contributed by atoms with van der Waals surface area (Å²) in [5.74, 6) is 0.874. The van der Waals surface area contributed by atoms with Crippen molar-refractivity contribution in [3.8, 4) is 56.4 Å². The first kappa shape index (κ1) is 35.2. The van der Waals surface area contributed by atoms with Crippen molar-refractivity contribution in [2.45, 2.75) is 0 Å². The molecule has 6 heterocycles. The topological polar surface area (TPSA) is 61.7 Å². The molecule has 6 aromatic heterocycles. The largest absolute Gasteiger partial charge is 0.456 e. The van der Waals surface area contributed by atoms with E-state index in [0.717, 1.165) is 111 Å². The lowest BCUT2D eigenvalue weighted by atomic mass is 10.0. The highest BCUT2D eigenvalue weighted by Crippen LogP contribution is 2.39. The van der Waals surface area contributed by atoms with Gasteiger partial charge < -0.3 is 8.98 Å². The van der Waals surface area contributed by atoms with Crippen LogP contribution in [0.15, 0.2) is 217 Å². The highest BCUT2D eigenvalue weighted by molar-refractivity contribution is 6.12. The van der Waals surface area contributed by atoms with Crippen molar-refractivity contribution in [2.75, 3.05) is 0 Å². The second-order valence-corrected chi connectivity index (χ2v) is 16.1. The summed E-state index contributed by atoms with van der Waals surface area (Å²) in [7, 11) is 0. The molecule has 13 rings (SSSR count). The molecule has 0 atom stereocenters. The smallest absolute Gasteiger partial charge is 0.138 e. The van der Waals surface area contributed by atoms with Crippen molar-refractivity contribution in [3.63, 3.8) is 0 Å². The standard InChI is InChI=1S/C57H35N5O/c1-3-12-36(13-4-1)40-32-50(37-14-5-2-6-15-37)60-57(33-40)62-52-21-10-8-17-43(52)45-31-39(23-26-54(45)62)49-19-11-18-48(59-49)38-22-25-53-44(30-38)42-16-7-9-20-51(42)61(53)41-24-27-55-46(34-41)47-35-58-29-28-56(47)63-55/h1-35H. The molecule has 0 unspecified atom stereocenters. The van der Waals surface area contributed by atoms with Gasteiger partial charge in [0, 0.05) is 67.1 Å². The molecule has 0 aliphatic rings. The summed E-state index contributed by atoms with van der Waals surface area (Å²) in [6.45, 7) is 0. The lowest BCUT2D eigenvalue weighted by Gasteiger charge is -2.13. The van der Waals surface area contributed by atoms with Crippen molar-refractivity contribution < 1.29 is 4.42 Å². The quantitative estimate of drug-likeness (QED) is 0.168. The van der Waals surface area contributed by atoms with Crippen LogP contribution in [0.4, 0.5) is 0 Å². The second kappa shape index (κ2) is 14.0. The zero-order valence-corrected chi connectivity index (χ0v) is 33.9. The predicted octanol–water partition coefficient (Wildman–Crippen LogP) is 14.6. The molecule has 0 bridgehead atoms. The number of rotatable bonds is 6. The molecular weight excluding hydrogens is 771 g/mol. The Bertz CT molecular complexity index is 3860. The van der Waals surface area contributed by atoms with Crippen molar-refractivity contribution in [1.29, 1.82) is 0 Å². The Labute approximate surface area is 361 Å². The number of para-hydroxylation sites is 2. The van der Waals surface area contributed by atoms with Crippen LogP contribution in [-0.2, 0) is 0 Å². The maximum absolute atomic E-state index is 6.14. The summed E-state index contributed by atoms with van der Waals surface area (Å²) in [6.07, 6.45) is 3.65. The van der Waals surface area contributed by atoms with Gasteiger partial charge >= 0.3 is 0 Å². The fourth-order valence-corrected chi connectivity index (χ4v) is 9.48. The van der Waals surface area contributed by atoms with E-state index in [4.69, 9.17) is 14.4 Å². The van der Waals surface area contributed by atoms with Crippen molar-refractivity contribution in [1.82, 2.24) is 24.1 Å². The maximum Gasteiger partial charge on any atom is 0.138 e. The van der Waals surface area contributed by atoms with Gasteiger partial charge in [-0.1, -0.05) is 115 Å². The average Bonchev–Trinajstić information content (AvgIpc) is 4.01. The Morgan fingerprint density at radius 3 is 1.65 bits per heavy atom. The van der Waals surface area contributed by atoms with Crippen LogP contribution < -0.4 is 0 Å². The summed E-state index contributed by atoms with van der Waals surface area (Å²) in [5, 5.41) is 6.73. The molecule has 0 aliphatic carbocycles. The zero-order chi connectivity index (χ0) is 41.4. The van der Waals surface area contributed by atoms with E-state index in [0.29, 0.717) is 0 Å². The Balaban J connectivity index is 0.920. The highest BCUT2D eigenvalue weighted by Gasteiger charge is 2.19. The van der Waals surface area contributed by atoms with Gasteiger partial charge in [-0.2, -0.15) is 0 Å². The van der Waals surface area contributed by atoms with Crippen LogP contribution in [0.1, 0.15) is 0 Å². The lowest BCUT2D eigenvalue weighted by Crippen LogP contribution is -2.00. The molecule has 294 valence electrons. The van der Waals surface area contributed by atoms with Crippen LogP contribution in [0.2, 0.25) is 0 Å². The summed E-state index contributed by atoms with van der Waals surface area (Å²) >= 11 is 0. The van der Waals surface area contributed by atoms with Gasteiger partial charge in [0.1, 0.15) is 17.0 Å². The van der Waals surface area contributed by atoms with Gasteiger partial charge in [-0.25, -0.2) is 9.97 Å². The van der Waals surface area contributed by atoms with Gasteiger partial charge in [-0.3, -0.25) is 9.55 Å². The number of hydrogen-bond donors (Lipinski definition) is 0. The lowest BCUT2D eigenvalue weighted by molar-refractivity contribution is 0.668. The average molecular weight is 806 g/mol. The minimum Gasteiger partial charge on any atom is -0.456 e. The fraction of sp³-hybridized carbons (Fsp3) is 0. The van der Waals surface area contributed by atoms with Gasteiger partial charge in [-0.05, 0) is 96.1 Å². The van der Waals surface area contributed by atoms with Crippen LogP contribution in [0.5, 0.6) is 0 Å². The van der Waals surface area contributed by atoms with Crippen LogP contribution in [-0.4, -0.2) is 24.1 Å². The first-order valence-electron chi connectivity index (χ1n) is 21.2. The Hall–Kier alpha value is -8.61. The summed E-state index contributed by atoms with van der Waals surface area (Å²) in [6, 6.07) is 70.7. The molecule has 0 saturated heterocycles. The molecule has 0 radical (unpaired) electrons. The van der Waals surface area contributed by atoms with Gasteiger partial charge in [0.2, 0.25) is 0 Å². The van der Waals surface area contributed by atoms with Crippen LogP contribution in [0, 0.1) is 0 Å². The molecule has 0 fully saturated rings. The van der Waals surface area contributed by atoms with E-state index in [9.17, 15) is 0 Å². The van der Waals surface area contributed by atoms with Gasteiger partial charge in [0.05, 0.1) is 39.1 Å². The molecule has 13 aromatic rings. The molecule has 0 amide bonds. The maximum atomic E-state index is 6.14. The third kappa shape index (κ3) is 5.69. The monoisotopic (exact) mass is 805 g/mol. The highest BCUT2D eigenvalue weighted by atomic mass is 16.3. The Morgan fingerprint density at radius 2 is 0.937 bits per heavy atom. The van der Waals surface area contributed by atoms with E-state index in [1.54, 1.807) is 6.20 Å². The molecule has 6 heteroatoms. The SMILES string of the molecule is c1ccc(-c2cc(-c3ccccc3)nc(-n3c4ccccc4c4cc(-c5cccc(-c6ccc7c(c6)c6ccccc6n7-c6ccc7oc8ccncc8c7c6)n5)ccc43)c2)cc1. The summed E-state index contributed by atoms with van der Waals surface area (Å²) in [4.78, 5) is 15.0. The van der Waals surface area contributed by atoms with Gasteiger partial charge in [0.25, 0.3) is 0 Å². The number of benzene rings is 7. The van der Waals surface area contributed by atoms with E-state index in [1.807, 2.05) is 18.3 Å². The third-order valence-electron chi connectivity index (χ3n) is 12.4. The first-order chi connectivity index (χ1) is 31.2. The Kier molecular flexibility index (Phi) is 7.80. The molecule has 7 aromatic carbocycles. The van der Waals surface area contributed by atoms with E-state index in [1.165, 1.54) is 10.8 Å². The van der Waals surface area contributed by atoms with E-state index in [2.05, 4.69) is 202 Å². The number of furan rings is 1. The summed E-state index contributed by atoms with van der Waals surface area (Å²) < 4.78 is 10.8. The van der Waals surface area contributed by atoms with E-state index < -0.39 is 0 Å². The normalized spacial score (nSPS) is 11.8. The molecular formula is C57H35N5O. The number of hydrogen-bond acceptors (Lipinski definition) is 4. The minimum absolute atomic E-state index is 0.838. The van der Waals surface area contributed by atoms with Crippen LogP contribution >= 0.6 is 0 Å². The summed E-state index contributed by atoms with van der Waals surface area (Å²) in [5.41, 5.74) is 15.4. The van der Waals surface area contributed by atoms with Crippen molar-refractivity contribution >= 4 is 65.6 Å². The first-order valence-corrected chi connectivity index (χ1v) is 21.2. The van der Waals surface area contributed by atoms with Crippen molar-refractivity contribution in [3.05, 3.63) is 213 Å². The fourth-order valence-electron chi connectivity index (χ4n) is 9.48. The second-order valence-electron chi connectivity index (χ2n) is 16.1. The van der Waals surface area contributed by atoms with Crippen molar-refractivity contribution in [2.24, 2.45) is 0 Å². The van der Waals surface area contributed by atoms with E-state index >= 15 is 0 Å². The van der Waals surface area contributed by atoms with E-state index in [-0.39, 0.29) is 0 Å². The molecule has 0 spiro atoms. The zero-order valence-electron chi connectivity index (χ0n) is 33.9. The molecule has 6 nitrogen and oxygen atoms in total. The van der Waals surface area contributed by atoms with Crippen LogP contribution in [0.25, 0.3) is 122 Å². The van der Waals surface area contributed by atoms with Crippen LogP contribution in [0.3, 0.4) is 0 Å². The predicted molar refractivity (Wildman–Crippen MR) is 258 cm³/mol. The number of aromatic nitrogens is 5. The number of pyridine rings is 3.